The molecule has 0 bridgehead atoms. The van der Waals surface area contributed by atoms with Crippen molar-refractivity contribution in [1.82, 2.24) is 0 Å². The van der Waals surface area contributed by atoms with Gasteiger partial charge in [-0.25, -0.2) is 0 Å². The Morgan fingerprint density at radius 1 is 1.05 bits per heavy atom. The fourth-order valence-corrected chi connectivity index (χ4v) is 3.37. The second-order valence-corrected chi connectivity index (χ2v) is 6.12. The topological polar surface area (TPSA) is 33.0 Å². The lowest BCUT2D eigenvalue weighted by Crippen LogP contribution is -2.28. The lowest BCUT2D eigenvalue weighted by molar-refractivity contribution is 0.130. The van der Waals surface area contributed by atoms with E-state index in [9.17, 15) is 0 Å². The van der Waals surface area contributed by atoms with E-state index in [1.54, 1.807) is 12.1 Å². The van der Waals surface area contributed by atoms with Crippen LogP contribution in [0.15, 0.2) is 48.5 Å². The minimum Gasteiger partial charge on any atom is -0.490 e. The Hall–Kier alpha value is -1.98. The van der Waals surface area contributed by atoms with Crippen molar-refractivity contribution in [3.05, 3.63) is 64.7 Å². The molecule has 3 rings (SSSR count). The maximum atomic E-state index is 8.95. The summed E-state index contributed by atoms with van der Waals surface area (Å²) in [6, 6.07) is 17.9. The van der Waals surface area contributed by atoms with Crippen molar-refractivity contribution in [2.24, 2.45) is 0 Å². The molecule has 0 N–H and O–H groups in total. The fraction of sp³-hybridized carbons (Fsp3) is 0.316. The summed E-state index contributed by atoms with van der Waals surface area (Å²) in [4.78, 5) is 0. The van der Waals surface area contributed by atoms with Gasteiger partial charge in [0.25, 0.3) is 0 Å². The van der Waals surface area contributed by atoms with Crippen LogP contribution in [0.4, 0.5) is 0 Å². The second-order valence-electron chi connectivity index (χ2n) is 5.71. The molecule has 2 aromatic carbocycles. The molecule has 0 amide bonds. The third-order valence-corrected chi connectivity index (χ3v) is 4.59. The van der Waals surface area contributed by atoms with Gasteiger partial charge >= 0.3 is 0 Å². The molecule has 1 aliphatic rings. The SMILES string of the molecule is N#Cc1ccc(OC2CCCCC2c2ccccc2)cc1Cl. The molecule has 0 radical (unpaired) electrons. The van der Waals surface area contributed by atoms with E-state index in [1.807, 2.05) is 12.1 Å². The molecule has 3 heteroatoms. The molecule has 2 aromatic rings. The van der Waals surface area contributed by atoms with Crippen molar-refractivity contribution in [3.8, 4) is 11.8 Å². The highest BCUT2D eigenvalue weighted by molar-refractivity contribution is 6.31. The maximum Gasteiger partial charge on any atom is 0.121 e. The Balaban J connectivity index is 1.80. The maximum absolute atomic E-state index is 8.95. The van der Waals surface area contributed by atoms with E-state index in [2.05, 4.69) is 30.3 Å². The van der Waals surface area contributed by atoms with Crippen LogP contribution in [0, 0.1) is 11.3 Å². The first kappa shape index (κ1) is 14.9. The molecule has 0 saturated heterocycles. The Kier molecular flexibility index (Phi) is 4.65. The van der Waals surface area contributed by atoms with Crippen LogP contribution >= 0.6 is 11.6 Å². The molecular formula is C19H18ClNO. The summed E-state index contributed by atoms with van der Waals surface area (Å²) in [6.07, 6.45) is 4.81. The molecule has 0 aromatic heterocycles. The molecule has 2 unspecified atom stereocenters. The molecule has 1 aliphatic carbocycles. The number of ether oxygens (including phenoxy) is 1. The van der Waals surface area contributed by atoms with E-state index < -0.39 is 0 Å². The molecule has 0 spiro atoms. The standard InChI is InChI=1S/C19H18ClNO/c20-18-12-16(11-10-15(18)13-21)22-19-9-5-4-8-17(19)14-6-2-1-3-7-14/h1-3,6-7,10-12,17,19H,4-5,8-9H2. The van der Waals surface area contributed by atoms with Crippen LogP contribution in [-0.2, 0) is 0 Å². The third-order valence-electron chi connectivity index (χ3n) is 4.28. The molecule has 0 aliphatic heterocycles. The summed E-state index contributed by atoms with van der Waals surface area (Å²) < 4.78 is 6.21. The van der Waals surface area contributed by atoms with Crippen molar-refractivity contribution < 1.29 is 4.74 Å². The lowest BCUT2D eigenvalue weighted by atomic mass is 9.81. The molecule has 1 fully saturated rings. The minimum absolute atomic E-state index is 0.167. The van der Waals surface area contributed by atoms with Crippen LogP contribution in [0.2, 0.25) is 5.02 Å². The molecule has 112 valence electrons. The average Bonchev–Trinajstić information content (AvgIpc) is 2.56. The first-order chi connectivity index (χ1) is 10.8. The lowest BCUT2D eigenvalue weighted by Gasteiger charge is -2.32. The van der Waals surface area contributed by atoms with Crippen LogP contribution in [-0.4, -0.2) is 6.10 Å². The molecular weight excluding hydrogens is 294 g/mol. The number of nitrogens with zero attached hydrogens (tertiary/aromatic N) is 1. The predicted octanol–water partition coefficient (Wildman–Crippen LogP) is 5.32. The van der Waals surface area contributed by atoms with Crippen LogP contribution in [0.3, 0.4) is 0 Å². The fourth-order valence-electron chi connectivity index (χ4n) is 3.15. The zero-order valence-corrected chi connectivity index (χ0v) is 13.1. The molecule has 2 atom stereocenters. The summed E-state index contributed by atoms with van der Waals surface area (Å²) in [5.74, 6) is 1.17. The summed E-state index contributed by atoms with van der Waals surface area (Å²) in [5, 5.41) is 9.40. The highest BCUT2D eigenvalue weighted by Crippen LogP contribution is 2.36. The summed E-state index contributed by atoms with van der Waals surface area (Å²) in [5.41, 5.74) is 1.82. The van der Waals surface area contributed by atoms with Gasteiger partial charge in [-0.2, -0.15) is 5.26 Å². The van der Waals surface area contributed by atoms with Crippen LogP contribution < -0.4 is 4.74 Å². The second kappa shape index (κ2) is 6.85. The first-order valence-electron chi connectivity index (χ1n) is 7.69. The van der Waals surface area contributed by atoms with E-state index in [-0.39, 0.29) is 6.10 Å². The quantitative estimate of drug-likeness (QED) is 0.769. The van der Waals surface area contributed by atoms with Crippen LogP contribution in [0.1, 0.15) is 42.7 Å². The van der Waals surface area contributed by atoms with E-state index >= 15 is 0 Å². The van der Waals surface area contributed by atoms with Gasteiger partial charge in [-0.3, -0.25) is 0 Å². The average molecular weight is 312 g/mol. The van der Waals surface area contributed by atoms with Gasteiger partial charge in [0.1, 0.15) is 17.9 Å². The number of nitriles is 1. The minimum atomic E-state index is 0.167. The van der Waals surface area contributed by atoms with Crippen LogP contribution in [0.25, 0.3) is 0 Å². The number of hydrogen-bond acceptors (Lipinski definition) is 2. The third kappa shape index (κ3) is 3.26. The van der Waals surface area contributed by atoms with Crippen molar-refractivity contribution in [2.45, 2.75) is 37.7 Å². The Morgan fingerprint density at radius 2 is 1.82 bits per heavy atom. The number of halogens is 1. The number of benzene rings is 2. The van der Waals surface area contributed by atoms with Crippen LogP contribution in [0.5, 0.6) is 5.75 Å². The number of rotatable bonds is 3. The smallest absolute Gasteiger partial charge is 0.121 e. The normalized spacial score (nSPS) is 21.1. The monoisotopic (exact) mass is 311 g/mol. The van der Waals surface area contributed by atoms with Gasteiger partial charge in [-0.15, -0.1) is 0 Å². The number of hydrogen-bond donors (Lipinski definition) is 0. The summed E-state index contributed by atoms with van der Waals surface area (Å²) >= 11 is 6.10. The summed E-state index contributed by atoms with van der Waals surface area (Å²) in [7, 11) is 0. The van der Waals surface area contributed by atoms with Gasteiger partial charge in [0.15, 0.2) is 0 Å². The van der Waals surface area contributed by atoms with Crippen molar-refractivity contribution in [2.75, 3.05) is 0 Å². The van der Waals surface area contributed by atoms with Gasteiger partial charge in [-0.1, -0.05) is 48.4 Å². The zero-order chi connectivity index (χ0) is 15.4. The molecule has 2 nitrogen and oxygen atoms in total. The van der Waals surface area contributed by atoms with Crippen molar-refractivity contribution in [3.63, 3.8) is 0 Å². The van der Waals surface area contributed by atoms with E-state index in [4.69, 9.17) is 21.6 Å². The Morgan fingerprint density at radius 3 is 2.55 bits per heavy atom. The van der Waals surface area contributed by atoms with Gasteiger partial charge in [0, 0.05) is 12.0 Å². The highest BCUT2D eigenvalue weighted by Gasteiger charge is 2.28. The molecule has 0 heterocycles. The van der Waals surface area contributed by atoms with Gasteiger partial charge in [0.05, 0.1) is 10.6 Å². The first-order valence-corrected chi connectivity index (χ1v) is 8.07. The van der Waals surface area contributed by atoms with E-state index in [0.717, 1.165) is 18.6 Å². The van der Waals surface area contributed by atoms with Gasteiger partial charge < -0.3 is 4.74 Å². The zero-order valence-electron chi connectivity index (χ0n) is 12.3. The van der Waals surface area contributed by atoms with Gasteiger partial charge in [-0.05, 0) is 37.0 Å². The molecule has 22 heavy (non-hydrogen) atoms. The van der Waals surface area contributed by atoms with Crippen molar-refractivity contribution >= 4 is 11.6 Å². The van der Waals surface area contributed by atoms with Gasteiger partial charge in [0.2, 0.25) is 0 Å². The van der Waals surface area contributed by atoms with Crippen molar-refractivity contribution in [1.29, 1.82) is 5.26 Å². The molecule has 1 saturated carbocycles. The highest BCUT2D eigenvalue weighted by atomic mass is 35.5. The van der Waals surface area contributed by atoms with E-state index in [1.165, 1.54) is 18.4 Å². The largest absolute Gasteiger partial charge is 0.490 e. The predicted molar refractivity (Wildman–Crippen MR) is 88.2 cm³/mol. The van der Waals surface area contributed by atoms with E-state index in [0.29, 0.717) is 16.5 Å². The Labute approximate surface area is 136 Å². The Bertz CT molecular complexity index is 678. The summed E-state index contributed by atoms with van der Waals surface area (Å²) in [6.45, 7) is 0.